The standard InChI is InChI=1S/C12H19FO2Si/c1-6-15-12-10(16(3,4)5)7-9(14)8(2)11(12)13/h7,14H,6H2,1-5H3. The first-order valence-electron chi connectivity index (χ1n) is 5.44. The van der Waals surface area contributed by atoms with E-state index in [0.29, 0.717) is 12.4 Å². The van der Waals surface area contributed by atoms with Gasteiger partial charge in [-0.3, -0.25) is 0 Å². The molecular formula is C12H19FO2Si. The van der Waals surface area contributed by atoms with E-state index in [0.717, 1.165) is 5.19 Å². The van der Waals surface area contributed by atoms with Crippen LogP contribution >= 0.6 is 0 Å². The molecule has 90 valence electrons. The summed E-state index contributed by atoms with van der Waals surface area (Å²) in [5, 5.41) is 10.5. The largest absolute Gasteiger partial charge is 0.508 e. The van der Waals surface area contributed by atoms with Gasteiger partial charge >= 0.3 is 0 Å². The van der Waals surface area contributed by atoms with Crippen LogP contribution in [-0.2, 0) is 0 Å². The van der Waals surface area contributed by atoms with Crippen molar-refractivity contribution in [3.63, 3.8) is 0 Å². The minimum absolute atomic E-state index is 0.0124. The van der Waals surface area contributed by atoms with E-state index >= 15 is 0 Å². The first-order valence-corrected chi connectivity index (χ1v) is 8.94. The highest BCUT2D eigenvalue weighted by molar-refractivity contribution is 6.89. The summed E-state index contributed by atoms with van der Waals surface area (Å²) in [6.07, 6.45) is 0. The molecule has 16 heavy (non-hydrogen) atoms. The summed E-state index contributed by atoms with van der Waals surface area (Å²) in [6, 6.07) is 1.65. The number of halogens is 1. The molecule has 1 N–H and O–H groups in total. The molecule has 0 amide bonds. The van der Waals surface area contributed by atoms with Crippen LogP contribution in [0.3, 0.4) is 0 Å². The van der Waals surface area contributed by atoms with E-state index < -0.39 is 13.9 Å². The summed E-state index contributed by atoms with van der Waals surface area (Å²) in [5.74, 6) is -0.102. The molecule has 1 aromatic rings. The lowest BCUT2D eigenvalue weighted by molar-refractivity contribution is 0.321. The van der Waals surface area contributed by atoms with Crippen molar-refractivity contribution in [3.05, 3.63) is 17.4 Å². The summed E-state index contributed by atoms with van der Waals surface area (Å²) in [6.45, 7) is 10.1. The second kappa shape index (κ2) is 4.45. The van der Waals surface area contributed by atoms with Crippen molar-refractivity contribution in [2.45, 2.75) is 33.5 Å². The molecular weight excluding hydrogens is 223 g/mol. The molecule has 0 aliphatic carbocycles. The molecule has 0 heterocycles. The van der Waals surface area contributed by atoms with Gasteiger partial charge in [-0.25, -0.2) is 4.39 Å². The Morgan fingerprint density at radius 3 is 2.38 bits per heavy atom. The Morgan fingerprint density at radius 2 is 1.94 bits per heavy atom. The van der Waals surface area contributed by atoms with Crippen LogP contribution in [-0.4, -0.2) is 19.8 Å². The summed E-state index contributed by atoms with van der Waals surface area (Å²) >= 11 is 0. The summed E-state index contributed by atoms with van der Waals surface area (Å²) < 4.78 is 19.4. The molecule has 0 aromatic heterocycles. The first-order chi connectivity index (χ1) is 7.29. The van der Waals surface area contributed by atoms with Crippen LogP contribution < -0.4 is 9.92 Å². The Morgan fingerprint density at radius 1 is 1.38 bits per heavy atom. The quantitative estimate of drug-likeness (QED) is 0.826. The van der Waals surface area contributed by atoms with Gasteiger partial charge in [-0.15, -0.1) is 0 Å². The highest BCUT2D eigenvalue weighted by Gasteiger charge is 2.26. The number of benzene rings is 1. The van der Waals surface area contributed by atoms with Crippen molar-refractivity contribution in [1.29, 1.82) is 0 Å². The third-order valence-corrected chi connectivity index (χ3v) is 4.52. The van der Waals surface area contributed by atoms with Crippen molar-refractivity contribution in [1.82, 2.24) is 0 Å². The van der Waals surface area contributed by atoms with Crippen molar-refractivity contribution in [2.24, 2.45) is 0 Å². The number of rotatable bonds is 3. The van der Waals surface area contributed by atoms with E-state index in [-0.39, 0.29) is 11.3 Å². The third kappa shape index (κ3) is 2.37. The van der Waals surface area contributed by atoms with Gasteiger partial charge < -0.3 is 9.84 Å². The van der Waals surface area contributed by atoms with Crippen LogP contribution in [0.4, 0.5) is 4.39 Å². The molecule has 0 fully saturated rings. The number of phenols is 1. The number of ether oxygens (including phenoxy) is 1. The first kappa shape index (κ1) is 13.0. The molecule has 0 saturated heterocycles. The molecule has 0 aliphatic rings. The van der Waals surface area contributed by atoms with Crippen molar-refractivity contribution < 1.29 is 14.2 Å². The van der Waals surface area contributed by atoms with Gasteiger partial charge in [0.05, 0.1) is 14.7 Å². The number of hydrogen-bond donors (Lipinski definition) is 1. The lowest BCUT2D eigenvalue weighted by Gasteiger charge is -2.22. The molecule has 0 aliphatic heterocycles. The normalized spacial score (nSPS) is 11.6. The monoisotopic (exact) mass is 242 g/mol. The highest BCUT2D eigenvalue weighted by Crippen LogP contribution is 2.28. The molecule has 0 spiro atoms. The van der Waals surface area contributed by atoms with Gasteiger partial charge in [0.2, 0.25) is 0 Å². The summed E-state index contributed by atoms with van der Waals surface area (Å²) in [5.41, 5.74) is 0.255. The third-order valence-electron chi connectivity index (χ3n) is 2.54. The van der Waals surface area contributed by atoms with Gasteiger partial charge in [-0.05, 0) is 25.1 Å². The minimum atomic E-state index is -1.73. The van der Waals surface area contributed by atoms with Crippen molar-refractivity contribution in [3.8, 4) is 11.5 Å². The smallest absolute Gasteiger partial charge is 0.171 e. The number of aromatic hydroxyl groups is 1. The van der Waals surface area contributed by atoms with Crippen LogP contribution in [0.2, 0.25) is 19.6 Å². The predicted molar refractivity (Wildman–Crippen MR) is 67.0 cm³/mol. The topological polar surface area (TPSA) is 29.5 Å². The Labute approximate surface area is 97.1 Å². The zero-order valence-electron chi connectivity index (χ0n) is 10.5. The van der Waals surface area contributed by atoms with E-state index in [2.05, 4.69) is 19.6 Å². The second-order valence-corrected chi connectivity index (χ2v) is 9.93. The van der Waals surface area contributed by atoms with Crippen LogP contribution in [0.5, 0.6) is 11.5 Å². The number of phenolic OH excluding ortho intramolecular Hbond substituents is 1. The van der Waals surface area contributed by atoms with Gasteiger partial charge in [0.15, 0.2) is 11.6 Å². The maximum Gasteiger partial charge on any atom is 0.171 e. The second-order valence-electron chi connectivity index (χ2n) is 4.89. The summed E-state index contributed by atoms with van der Waals surface area (Å²) in [4.78, 5) is 0. The Bertz CT molecular complexity index is 397. The van der Waals surface area contributed by atoms with Gasteiger partial charge in [0.1, 0.15) is 5.75 Å². The molecule has 0 atom stereocenters. The average Bonchev–Trinajstić information content (AvgIpc) is 2.17. The van der Waals surface area contributed by atoms with Gasteiger partial charge in [0, 0.05) is 5.56 Å². The van der Waals surface area contributed by atoms with Crippen LogP contribution in [0.25, 0.3) is 0 Å². The van der Waals surface area contributed by atoms with Crippen LogP contribution in [0.15, 0.2) is 6.07 Å². The molecule has 0 unspecified atom stereocenters. The molecule has 4 heteroatoms. The van der Waals surface area contributed by atoms with E-state index in [9.17, 15) is 9.50 Å². The molecule has 1 rings (SSSR count). The number of hydrogen-bond acceptors (Lipinski definition) is 2. The summed E-state index contributed by atoms with van der Waals surface area (Å²) in [7, 11) is -1.73. The van der Waals surface area contributed by atoms with E-state index in [1.165, 1.54) is 0 Å². The molecule has 0 radical (unpaired) electrons. The predicted octanol–water partition coefficient (Wildman–Crippen LogP) is 2.78. The van der Waals surface area contributed by atoms with Crippen LogP contribution in [0.1, 0.15) is 12.5 Å². The zero-order chi connectivity index (χ0) is 12.5. The minimum Gasteiger partial charge on any atom is -0.508 e. The van der Waals surface area contributed by atoms with E-state index in [1.807, 2.05) is 6.92 Å². The molecule has 0 bridgehead atoms. The maximum atomic E-state index is 14.0. The fraction of sp³-hybridized carbons (Fsp3) is 0.500. The SMILES string of the molecule is CCOc1c([Si](C)(C)C)cc(O)c(C)c1F. The lowest BCUT2D eigenvalue weighted by Crippen LogP contribution is -2.39. The van der Waals surface area contributed by atoms with Gasteiger partial charge in [-0.1, -0.05) is 19.6 Å². The Hall–Kier alpha value is -1.03. The average molecular weight is 242 g/mol. The fourth-order valence-electron chi connectivity index (χ4n) is 1.55. The Balaban J connectivity index is 3.47. The fourth-order valence-corrected chi connectivity index (χ4v) is 2.99. The Kier molecular flexibility index (Phi) is 3.63. The maximum absolute atomic E-state index is 14.0. The van der Waals surface area contributed by atoms with Gasteiger partial charge in [-0.2, -0.15) is 0 Å². The van der Waals surface area contributed by atoms with E-state index in [4.69, 9.17) is 4.74 Å². The lowest BCUT2D eigenvalue weighted by atomic mass is 10.2. The van der Waals surface area contributed by atoms with E-state index in [1.54, 1.807) is 13.0 Å². The van der Waals surface area contributed by atoms with Gasteiger partial charge in [0.25, 0.3) is 0 Å². The highest BCUT2D eigenvalue weighted by atomic mass is 28.3. The molecule has 2 nitrogen and oxygen atoms in total. The van der Waals surface area contributed by atoms with Crippen molar-refractivity contribution in [2.75, 3.05) is 6.61 Å². The zero-order valence-corrected chi connectivity index (χ0v) is 11.5. The molecule has 1 aromatic carbocycles. The molecule has 0 saturated carbocycles. The van der Waals surface area contributed by atoms with Crippen molar-refractivity contribution >= 4 is 13.3 Å². The van der Waals surface area contributed by atoms with Crippen LogP contribution in [0, 0.1) is 12.7 Å².